The predicted octanol–water partition coefficient (Wildman–Crippen LogP) is 10.2. The van der Waals surface area contributed by atoms with E-state index in [0.717, 1.165) is 22.7 Å². The summed E-state index contributed by atoms with van der Waals surface area (Å²) in [5.41, 5.74) is 9.34. The number of rotatable bonds is 5. The number of para-hydroxylation sites is 4. The highest BCUT2D eigenvalue weighted by Gasteiger charge is 2.17. The first kappa shape index (κ1) is 23.4. The average molecular weight is 526 g/mol. The second-order valence-corrected chi connectivity index (χ2v) is 10.3. The number of benzene rings is 6. The molecule has 0 aliphatic heterocycles. The molecular weight excluding hydrogens is 498 g/mol. The molecule has 0 unspecified atom stereocenters. The summed E-state index contributed by atoms with van der Waals surface area (Å²) < 4.78 is 4.67. The maximum Gasteiger partial charge on any atom is 0.0548 e. The third-order valence-electron chi connectivity index (χ3n) is 7.93. The fourth-order valence-electron chi connectivity index (χ4n) is 6.13. The van der Waals surface area contributed by atoms with E-state index in [0.29, 0.717) is 0 Å². The highest BCUT2D eigenvalue weighted by molar-refractivity contribution is 6.21. The van der Waals surface area contributed by atoms with Gasteiger partial charge in [0.15, 0.2) is 0 Å². The van der Waals surface area contributed by atoms with Gasteiger partial charge in [-0.1, -0.05) is 72.8 Å². The van der Waals surface area contributed by atoms with Crippen LogP contribution >= 0.6 is 0 Å². The van der Waals surface area contributed by atoms with Gasteiger partial charge in [-0.2, -0.15) is 0 Å². The predicted molar refractivity (Wildman–Crippen MR) is 172 cm³/mol. The molecule has 0 aliphatic rings. The molecule has 41 heavy (non-hydrogen) atoms. The van der Waals surface area contributed by atoms with E-state index in [4.69, 9.17) is 0 Å². The molecule has 0 saturated carbocycles. The Labute approximate surface area is 238 Å². The fourth-order valence-corrected chi connectivity index (χ4v) is 6.13. The number of fused-ring (bicyclic) bond motifs is 5. The van der Waals surface area contributed by atoms with Crippen LogP contribution in [0.2, 0.25) is 0 Å². The molecule has 2 heterocycles. The van der Waals surface area contributed by atoms with Crippen molar-refractivity contribution in [1.29, 1.82) is 0 Å². The molecule has 8 aromatic rings. The smallest absolute Gasteiger partial charge is 0.0548 e. The van der Waals surface area contributed by atoms with Crippen LogP contribution in [0.25, 0.3) is 44.1 Å². The van der Waals surface area contributed by atoms with Crippen LogP contribution in [0.15, 0.2) is 164 Å². The molecule has 194 valence electrons. The van der Waals surface area contributed by atoms with Gasteiger partial charge in [-0.3, -0.25) is 0 Å². The topological polar surface area (TPSA) is 13.1 Å². The Balaban J connectivity index is 1.26. The van der Waals surface area contributed by atoms with Gasteiger partial charge in [0, 0.05) is 50.8 Å². The summed E-state index contributed by atoms with van der Waals surface area (Å²) in [5, 5.41) is 3.82. The van der Waals surface area contributed by atoms with Crippen molar-refractivity contribution >= 4 is 49.8 Å². The maximum absolute atomic E-state index is 2.37. The van der Waals surface area contributed by atoms with Gasteiger partial charge >= 0.3 is 0 Å². The molecule has 2 aromatic heterocycles. The minimum Gasteiger partial charge on any atom is -0.317 e. The van der Waals surface area contributed by atoms with Crippen LogP contribution in [0, 0.1) is 0 Å². The maximum atomic E-state index is 2.37. The highest BCUT2D eigenvalue weighted by Crippen LogP contribution is 2.39. The van der Waals surface area contributed by atoms with Crippen molar-refractivity contribution < 1.29 is 0 Å². The van der Waals surface area contributed by atoms with E-state index in [1.54, 1.807) is 0 Å². The molecule has 3 nitrogen and oxygen atoms in total. The van der Waals surface area contributed by atoms with Crippen molar-refractivity contribution in [2.24, 2.45) is 0 Å². The van der Waals surface area contributed by atoms with Crippen molar-refractivity contribution in [1.82, 2.24) is 9.13 Å². The lowest BCUT2D eigenvalue weighted by atomic mass is 10.1. The van der Waals surface area contributed by atoms with Gasteiger partial charge in [0.25, 0.3) is 0 Å². The Morgan fingerprint density at radius 2 is 0.902 bits per heavy atom. The molecule has 0 saturated heterocycles. The van der Waals surface area contributed by atoms with E-state index in [1.807, 2.05) is 0 Å². The van der Waals surface area contributed by atoms with Crippen molar-refractivity contribution in [2.45, 2.75) is 0 Å². The summed E-state index contributed by atoms with van der Waals surface area (Å²) in [6.07, 6.45) is 2.19. The zero-order valence-electron chi connectivity index (χ0n) is 22.4. The van der Waals surface area contributed by atoms with Crippen molar-refractivity contribution in [3.63, 3.8) is 0 Å². The molecule has 0 spiro atoms. The van der Waals surface area contributed by atoms with Gasteiger partial charge in [-0.05, 0) is 84.9 Å². The van der Waals surface area contributed by atoms with E-state index < -0.39 is 0 Å². The first-order valence-electron chi connectivity index (χ1n) is 14.0. The second-order valence-electron chi connectivity index (χ2n) is 10.3. The molecule has 0 N–H and O–H groups in total. The van der Waals surface area contributed by atoms with Gasteiger partial charge in [0.1, 0.15) is 0 Å². The van der Waals surface area contributed by atoms with Crippen LogP contribution < -0.4 is 4.90 Å². The zero-order chi connectivity index (χ0) is 27.2. The first-order chi connectivity index (χ1) is 20.4. The van der Waals surface area contributed by atoms with E-state index in [9.17, 15) is 0 Å². The zero-order valence-corrected chi connectivity index (χ0v) is 22.4. The van der Waals surface area contributed by atoms with E-state index in [-0.39, 0.29) is 0 Å². The molecule has 3 heteroatoms. The molecule has 0 amide bonds. The summed E-state index contributed by atoms with van der Waals surface area (Å²) in [4.78, 5) is 2.29. The minimum absolute atomic E-state index is 1.12. The lowest BCUT2D eigenvalue weighted by molar-refractivity contribution is 1.12. The van der Waals surface area contributed by atoms with E-state index in [2.05, 4.69) is 178 Å². The van der Waals surface area contributed by atoms with Gasteiger partial charge in [-0.15, -0.1) is 0 Å². The van der Waals surface area contributed by atoms with Crippen molar-refractivity contribution in [3.8, 4) is 11.4 Å². The molecule has 0 aliphatic carbocycles. The molecule has 0 bridgehead atoms. The van der Waals surface area contributed by atoms with Crippen LogP contribution in [-0.4, -0.2) is 9.13 Å². The molecule has 6 aromatic carbocycles. The Bertz CT molecular complexity index is 2080. The number of nitrogens with zero attached hydrogens (tertiary/aromatic N) is 3. The number of anilines is 3. The summed E-state index contributed by atoms with van der Waals surface area (Å²) in [5.74, 6) is 0. The Hall–Kier alpha value is -5.54. The monoisotopic (exact) mass is 525 g/mol. The van der Waals surface area contributed by atoms with Crippen LogP contribution in [0.4, 0.5) is 17.1 Å². The van der Waals surface area contributed by atoms with Gasteiger partial charge in [0.05, 0.1) is 16.6 Å². The molecule has 0 radical (unpaired) electrons. The van der Waals surface area contributed by atoms with Gasteiger partial charge in [-0.25, -0.2) is 0 Å². The summed E-state index contributed by atoms with van der Waals surface area (Å²) in [7, 11) is 0. The van der Waals surface area contributed by atoms with Gasteiger partial charge < -0.3 is 14.0 Å². The number of aromatic nitrogens is 2. The lowest BCUT2D eigenvalue weighted by Crippen LogP contribution is -2.09. The lowest BCUT2D eigenvalue weighted by Gasteiger charge is -2.25. The minimum atomic E-state index is 1.12. The first-order valence-corrected chi connectivity index (χ1v) is 14.0. The number of hydrogen-bond donors (Lipinski definition) is 0. The highest BCUT2D eigenvalue weighted by atomic mass is 15.1. The molecular formula is C38H27N3. The summed E-state index contributed by atoms with van der Waals surface area (Å²) in [6, 6.07) is 56.0. The van der Waals surface area contributed by atoms with Crippen LogP contribution in [0.5, 0.6) is 0 Å². The normalized spacial score (nSPS) is 11.4. The third kappa shape index (κ3) is 3.82. The quantitative estimate of drug-likeness (QED) is 0.218. The average Bonchev–Trinajstić information content (AvgIpc) is 3.62. The summed E-state index contributed by atoms with van der Waals surface area (Å²) >= 11 is 0. The Morgan fingerprint density at radius 3 is 1.59 bits per heavy atom. The molecule has 8 rings (SSSR count). The standard InChI is InChI=1S/C38H27N3/c1-4-12-29(13-5-1)40(30-14-6-2-7-15-30)32-22-20-28(21-23-32)39-27-26-34-35(39)24-25-37-38(34)33-18-10-11-19-36(33)41(37)31-16-8-3-9-17-31/h1-27H. The van der Waals surface area contributed by atoms with Gasteiger partial charge in [0.2, 0.25) is 0 Å². The Kier molecular flexibility index (Phi) is 5.46. The SMILES string of the molecule is c1ccc(N(c2ccccc2)c2ccc(-n3ccc4c5c6ccccc6n(-c6ccccc6)c5ccc43)cc2)cc1. The Morgan fingerprint density at radius 1 is 0.366 bits per heavy atom. The van der Waals surface area contributed by atoms with E-state index >= 15 is 0 Å². The number of hydrogen-bond acceptors (Lipinski definition) is 1. The van der Waals surface area contributed by atoms with Crippen LogP contribution in [0.3, 0.4) is 0 Å². The van der Waals surface area contributed by atoms with Crippen molar-refractivity contribution in [3.05, 3.63) is 164 Å². The second kappa shape index (κ2) is 9.58. The van der Waals surface area contributed by atoms with Crippen molar-refractivity contribution in [2.75, 3.05) is 4.90 Å². The molecule has 0 fully saturated rings. The fraction of sp³-hybridized carbons (Fsp3) is 0. The summed E-state index contributed by atoms with van der Waals surface area (Å²) in [6.45, 7) is 0. The largest absolute Gasteiger partial charge is 0.317 e. The van der Waals surface area contributed by atoms with Crippen LogP contribution in [0.1, 0.15) is 0 Å². The third-order valence-corrected chi connectivity index (χ3v) is 7.93. The molecule has 0 atom stereocenters. The van der Waals surface area contributed by atoms with E-state index in [1.165, 1.54) is 38.4 Å². The van der Waals surface area contributed by atoms with Crippen LogP contribution in [-0.2, 0) is 0 Å².